The van der Waals surface area contributed by atoms with Crippen molar-refractivity contribution in [3.63, 3.8) is 0 Å². The molecule has 2 fully saturated rings. The van der Waals surface area contributed by atoms with Crippen molar-refractivity contribution in [1.29, 1.82) is 0 Å². The Balaban J connectivity index is 1.84. The summed E-state index contributed by atoms with van der Waals surface area (Å²) in [6.45, 7) is 0. The standard InChI is InChI=1S/C14H14Br2O2/c15-9-4-3-5-10(16)13(9)18-12-8-11(17)14(12)6-1-2-7-14/h3-5,12H,1-2,6-8H2. The SMILES string of the molecule is O=C1CC(Oc2c(Br)cccc2Br)C12CCCC2. The highest BCUT2D eigenvalue weighted by molar-refractivity contribution is 9.11. The number of carbonyl (C=O) groups excluding carboxylic acids is 1. The van der Waals surface area contributed by atoms with Crippen molar-refractivity contribution < 1.29 is 9.53 Å². The van der Waals surface area contributed by atoms with E-state index in [2.05, 4.69) is 31.9 Å². The van der Waals surface area contributed by atoms with E-state index in [0.29, 0.717) is 12.2 Å². The summed E-state index contributed by atoms with van der Waals surface area (Å²) in [6, 6.07) is 5.88. The Bertz CT molecular complexity index is 472. The molecular formula is C14H14Br2O2. The van der Waals surface area contributed by atoms with Crippen LogP contribution in [0.15, 0.2) is 27.1 Å². The molecule has 3 rings (SSSR count). The van der Waals surface area contributed by atoms with Crippen molar-refractivity contribution in [2.24, 2.45) is 5.41 Å². The van der Waals surface area contributed by atoms with E-state index in [0.717, 1.165) is 40.4 Å². The molecule has 4 heteroatoms. The number of hydrogen-bond donors (Lipinski definition) is 0. The van der Waals surface area contributed by atoms with Gasteiger partial charge in [-0.25, -0.2) is 0 Å². The molecule has 0 saturated heterocycles. The fourth-order valence-electron chi connectivity index (χ4n) is 3.11. The van der Waals surface area contributed by atoms with Crippen molar-refractivity contribution in [3.05, 3.63) is 27.1 Å². The van der Waals surface area contributed by atoms with Gasteiger partial charge in [0.05, 0.1) is 14.4 Å². The minimum Gasteiger partial charge on any atom is -0.487 e. The Morgan fingerprint density at radius 3 is 2.33 bits per heavy atom. The van der Waals surface area contributed by atoms with E-state index in [1.807, 2.05) is 18.2 Å². The van der Waals surface area contributed by atoms with Gasteiger partial charge in [-0.2, -0.15) is 0 Å². The Morgan fingerprint density at radius 1 is 1.17 bits per heavy atom. The summed E-state index contributed by atoms with van der Waals surface area (Å²) in [7, 11) is 0. The molecule has 0 aromatic heterocycles. The molecular weight excluding hydrogens is 360 g/mol. The maximum atomic E-state index is 11.9. The zero-order chi connectivity index (χ0) is 12.8. The molecule has 1 atom stereocenters. The van der Waals surface area contributed by atoms with Gasteiger partial charge >= 0.3 is 0 Å². The molecule has 0 aliphatic heterocycles. The first kappa shape index (κ1) is 12.7. The molecule has 96 valence electrons. The largest absolute Gasteiger partial charge is 0.487 e. The lowest BCUT2D eigenvalue weighted by molar-refractivity contribution is -0.151. The Hall–Kier alpha value is -0.350. The Labute approximate surface area is 123 Å². The lowest BCUT2D eigenvalue weighted by Crippen LogP contribution is -2.55. The summed E-state index contributed by atoms with van der Waals surface area (Å²) in [5.74, 6) is 1.22. The van der Waals surface area contributed by atoms with Gasteiger partial charge in [0.25, 0.3) is 0 Å². The topological polar surface area (TPSA) is 26.3 Å². The predicted octanol–water partition coefficient (Wildman–Crippen LogP) is 4.49. The lowest BCUT2D eigenvalue weighted by atomic mass is 9.63. The summed E-state index contributed by atoms with van der Waals surface area (Å²) < 4.78 is 7.97. The molecule has 18 heavy (non-hydrogen) atoms. The first-order chi connectivity index (χ1) is 8.63. The van der Waals surface area contributed by atoms with Gasteiger partial charge in [-0.05, 0) is 56.8 Å². The van der Waals surface area contributed by atoms with Gasteiger partial charge < -0.3 is 4.74 Å². The van der Waals surface area contributed by atoms with Crippen molar-refractivity contribution in [3.8, 4) is 5.75 Å². The van der Waals surface area contributed by atoms with E-state index in [1.54, 1.807) is 0 Å². The minimum absolute atomic E-state index is 0.0579. The van der Waals surface area contributed by atoms with Crippen LogP contribution in [0.4, 0.5) is 0 Å². The van der Waals surface area contributed by atoms with Crippen LogP contribution in [0.3, 0.4) is 0 Å². The molecule has 2 aliphatic carbocycles. The molecule has 2 nitrogen and oxygen atoms in total. The number of rotatable bonds is 2. The molecule has 0 bridgehead atoms. The Kier molecular flexibility index (Phi) is 3.27. The molecule has 2 saturated carbocycles. The maximum Gasteiger partial charge on any atom is 0.148 e. The first-order valence-corrected chi connectivity index (χ1v) is 7.86. The van der Waals surface area contributed by atoms with Crippen LogP contribution < -0.4 is 4.74 Å². The van der Waals surface area contributed by atoms with Crippen LogP contribution in [0.1, 0.15) is 32.1 Å². The molecule has 1 aromatic rings. The quantitative estimate of drug-likeness (QED) is 0.763. The highest BCUT2D eigenvalue weighted by atomic mass is 79.9. The monoisotopic (exact) mass is 372 g/mol. The highest BCUT2D eigenvalue weighted by Crippen LogP contribution is 2.52. The number of benzene rings is 1. The maximum absolute atomic E-state index is 11.9. The molecule has 0 N–H and O–H groups in total. The highest BCUT2D eigenvalue weighted by Gasteiger charge is 2.57. The summed E-state index contributed by atoms with van der Waals surface area (Å²) >= 11 is 7.00. The second-order valence-electron chi connectivity index (χ2n) is 5.15. The summed E-state index contributed by atoms with van der Waals surface area (Å²) in [5.41, 5.74) is -0.172. The molecule has 0 amide bonds. The van der Waals surface area contributed by atoms with Crippen molar-refractivity contribution in [1.82, 2.24) is 0 Å². The van der Waals surface area contributed by atoms with Gasteiger partial charge in [-0.1, -0.05) is 18.9 Å². The summed E-state index contributed by atoms with van der Waals surface area (Å²) in [5, 5.41) is 0. The van der Waals surface area contributed by atoms with Gasteiger partial charge in [-0.3, -0.25) is 4.79 Å². The van der Waals surface area contributed by atoms with E-state index in [-0.39, 0.29) is 11.5 Å². The van der Waals surface area contributed by atoms with Gasteiger partial charge in [0.1, 0.15) is 17.6 Å². The second kappa shape index (κ2) is 4.64. The smallest absolute Gasteiger partial charge is 0.148 e. The van der Waals surface area contributed by atoms with Gasteiger partial charge in [0, 0.05) is 6.42 Å². The van der Waals surface area contributed by atoms with E-state index in [1.165, 1.54) is 0 Å². The van der Waals surface area contributed by atoms with Crippen LogP contribution in [-0.4, -0.2) is 11.9 Å². The van der Waals surface area contributed by atoms with Crippen molar-refractivity contribution in [2.45, 2.75) is 38.2 Å². The summed E-state index contributed by atoms with van der Waals surface area (Å²) in [4.78, 5) is 11.9. The molecule has 2 aliphatic rings. The fourth-order valence-corrected chi connectivity index (χ4v) is 4.30. The normalized spacial score (nSPS) is 25.2. The number of ether oxygens (including phenoxy) is 1. The Morgan fingerprint density at radius 2 is 1.78 bits per heavy atom. The predicted molar refractivity (Wildman–Crippen MR) is 76.8 cm³/mol. The van der Waals surface area contributed by atoms with E-state index in [9.17, 15) is 4.79 Å². The van der Waals surface area contributed by atoms with Crippen LogP contribution in [0, 0.1) is 5.41 Å². The number of halogens is 2. The van der Waals surface area contributed by atoms with E-state index < -0.39 is 0 Å². The van der Waals surface area contributed by atoms with Crippen LogP contribution in [-0.2, 0) is 4.79 Å². The molecule has 1 aromatic carbocycles. The lowest BCUT2D eigenvalue weighted by Gasteiger charge is -2.45. The second-order valence-corrected chi connectivity index (χ2v) is 6.86. The average Bonchev–Trinajstić information content (AvgIpc) is 2.84. The van der Waals surface area contributed by atoms with E-state index >= 15 is 0 Å². The average molecular weight is 374 g/mol. The molecule has 0 radical (unpaired) electrons. The number of ketones is 1. The summed E-state index contributed by atoms with van der Waals surface area (Å²) in [6.07, 6.45) is 4.93. The number of carbonyl (C=O) groups is 1. The van der Waals surface area contributed by atoms with Crippen LogP contribution in [0.25, 0.3) is 0 Å². The molecule has 1 spiro atoms. The number of para-hydroxylation sites is 1. The van der Waals surface area contributed by atoms with Crippen molar-refractivity contribution >= 4 is 37.6 Å². The van der Waals surface area contributed by atoms with Crippen LogP contribution in [0.2, 0.25) is 0 Å². The third-order valence-electron chi connectivity index (χ3n) is 4.22. The number of Topliss-reactive ketones (excluding diaryl/α,β-unsaturated/α-hetero) is 1. The van der Waals surface area contributed by atoms with Crippen LogP contribution in [0.5, 0.6) is 5.75 Å². The van der Waals surface area contributed by atoms with Crippen LogP contribution >= 0.6 is 31.9 Å². The third-order valence-corrected chi connectivity index (χ3v) is 5.47. The first-order valence-electron chi connectivity index (χ1n) is 6.27. The van der Waals surface area contributed by atoms with E-state index in [4.69, 9.17) is 4.74 Å². The van der Waals surface area contributed by atoms with Gasteiger partial charge in [-0.15, -0.1) is 0 Å². The zero-order valence-electron chi connectivity index (χ0n) is 9.92. The number of hydrogen-bond acceptors (Lipinski definition) is 2. The molecule has 0 heterocycles. The fraction of sp³-hybridized carbons (Fsp3) is 0.500. The van der Waals surface area contributed by atoms with Gasteiger partial charge in [0.2, 0.25) is 0 Å². The third kappa shape index (κ3) is 1.85. The minimum atomic E-state index is -0.172. The van der Waals surface area contributed by atoms with Crippen molar-refractivity contribution in [2.75, 3.05) is 0 Å². The van der Waals surface area contributed by atoms with Gasteiger partial charge in [0.15, 0.2) is 0 Å². The zero-order valence-corrected chi connectivity index (χ0v) is 13.1. The molecule has 1 unspecified atom stereocenters.